The Bertz CT molecular complexity index is 1150. The largest absolute Gasteiger partial charge is 0.497 e. The molecule has 0 spiro atoms. The van der Waals surface area contributed by atoms with Gasteiger partial charge in [-0.3, -0.25) is 0 Å². The molecule has 3 aromatic rings. The van der Waals surface area contributed by atoms with Crippen LogP contribution in [0.25, 0.3) is 0 Å². The van der Waals surface area contributed by atoms with Crippen molar-refractivity contribution in [2.45, 2.75) is 22.0 Å². The van der Waals surface area contributed by atoms with Crippen molar-refractivity contribution in [2.24, 2.45) is 0 Å². The lowest BCUT2D eigenvalue weighted by Crippen LogP contribution is -2.31. The Morgan fingerprint density at radius 1 is 0.931 bits per heavy atom. The number of rotatable bonds is 8. The third-order valence-electron chi connectivity index (χ3n) is 4.41. The number of thiophene rings is 1. The molecule has 1 atom stereocenters. The fourth-order valence-corrected chi connectivity index (χ4v) is 6.69. The molecule has 0 saturated carbocycles. The van der Waals surface area contributed by atoms with Crippen molar-refractivity contribution in [3.8, 4) is 5.75 Å². The van der Waals surface area contributed by atoms with Crippen LogP contribution >= 0.6 is 11.3 Å². The fourth-order valence-electron chi connectivity index (χ4n) is 2.75. The molecule has 6 nitrogen and oxygen atoms in total. The molecule has 1 N–H and O–H groups in total. The van der Waals surface area contributed by atoms with E-state index in [1.807, 2.05) is 6.92 Å². The molecular formula is C20H21NO5S3. The van der Waals surface area contributed by atoms with Gasteiger partial charge in [-0.15, -0.1) is 11.3 Å². The first kappa shape index (κ1) is 21.5. The maximum absolute atomic E-state index is 13.2. The minimum absolute atomic E-state index is 0.0379. The Kier molecular flexibility index (Phi) is 6.42. The molecule has 0 bridgehead atoms. The van der Waals surface area contributed by atoms with Gasteiger partial charge in [-0.2, -0.15) is 0 Å². The molecule has 1 heterocycles. The summed E-state index contributed by atoms with van der Waals surface area (Å²) in [4.78, 5) is 0.768. The highest BCUT2D eigenvalue weighted by Crippen LogP contribution is 2.32. The zero-order valence-electron chi connectivity index (χ0n) is 15.9. The van der Waals surface area contributed by atoms with Crippen LogP contribution in [0, 0.1) is 6.92 Å². The van der Waals surface area contributed by atoms with Gasteiger partial charge in [0, 0.05) is 11.4 Å². The zero-order chi connectivity index (χ0) is 21.1. The maximum Gasteiger partial charge on any atom is 0.240 e. The van der Waals surface area contributed by atoms with Crippen LogP contribution < -0.4 is 9.46 Å². The lowest BCUT2D eigenvalue weighted by atomic mass is 10.2. The maximum atomic E-state index is 13.2. The van der Waals surface area contributed by atoms with E-state index in [4.69, 9.17) is 4.74 Å². The van der Waals surface area contributed by atoms with Crippen LogP contribution in [0.3, 0.4) is 0 Å². The third-order valence-corrected chi connectivity index (χ3v) is 9.09. The van der Waals surface area contributed by atoms with Crippen LogP contribution in [-0.2, 0) is 19.9 Å². The summed E-state index contributed by atoms with van der Waals surface area (Å²) in [7, 11) is -6.19. The summed E-state index contributed by atoms with van der Waals surface area (Å²) in [6.07, 6.45) is 0. The van der Waals surface area contributed by atoms with Crippen molar-refractivity contribution >= 4 is 31.2 Å². The molecule has 0 amide bonds. The number of benzene rings is 2. The normalized spacial score (nSPS) is 13.2. The summed E-state index contributed by atoms with van der Waals surface area (Å²) in [5.41, 5.74) is 0.942. The number of aryl methyl sites for hydroxylation is 1. The number of ether oxygens (including phenoxy) is 1. The highest BCUT2D eigenvalue weighted by molar-refractivity contribution is 7.92. The van der Waals surface area contributed by atoms with Crippen molar-refractivity contribution < 1.29 is 21.6 Å². The fraction of sp³-hybridized carbons (Fsp3) is 0.200. The average Bonchev–Trinajstić information content (AvgIpc) is 3.22. The predicted octanol–water partition coefficient (Wildman–Crippen LogP) is 3.56. The smallest absolute Gasteiger partial charge is 0.240 e. The minimum atomic E-state index is -3.89. The third kappa shape index (κ3) is 4.87. The standard InChI is InChI=1S/C20H21NO5S3/c1-15-5-9-17(10-6-15)28(22,23)20(19-4-3-13-27-19)14-21-29(24,25)18-11-7-16(26-2)8-12-18/h3-13,20-21H,14H2,1-2H3/t20-/m0/s1. The van der Waals surface area contributed by atoms with E-state index in [1.165, 1.54) is 42.7 Å². The summed E-state index contributed by atoms with van der Waals surface area (Å²) in [6.45, 7) is 1.60. The van der Waals surface area contributed by atoms with E-state index in [9.17, 15) is 16.8 Å². The molecule has 154 valence electrons. The molecule has 0 aliphatic heterocycles. The zero-order valence-corrected chi connectivity index (χ0v) is 18.4. The van der Waals surface area contributed by atoms with Gasteiger partial charge in [0.25, 0.3) is 0 Å². The molecule has 9 heteroatoms. The Morgan fingerprint density at radius 3 is 2.10 bits per heavy atom. The van der Waals surface area contributed by atoms with E-state index in [2.05, 4.69) is 4.72 Å². The van der Waals surface area contributed by atoms with Crippen LogP contribution in [0.1, 0.15) is 15.7 Å². The van der Waals surface area contributed by atoms with Gasteiger partial charge in [-0.25, -0.2) is 21.6 Å². The van der Waals surface area contributed by atoms with E-state index >= 15 is 0 Å². The highest BCUT2D eigenvalue weighted by atomic mass is 32.2. The van der Waals surface area contributed by atoms with Crippen LogP contribution in [0.4, 0.5) is 0 Å². The summed E-state index contributed by atoms with van der Waals surface area (Å²) in [5, 5.41) is 0.739. The minimum Gasteiger partial charge on any atom is -0.497 e. The molecule has 0 fully saturated rings. The topological polar surface area (TPSA) is 89.5 Å². The quantitative estimate of drug-likeness (QED) is 0.566. The number of methoxy groups -OCH3 is 1. The van der Waals surface area contributed by atoms with Crippen molar-refractivity contribution in [1.29, 1.82) is 0 Å². The van der Waals surface area contributed by atoms with Gasteiger partial charge in [0.2, 0.25) is 10.0 Å². The summed E-state index contributed by atoms with van der Waals surface area (Å²) >= 11 is 1.28. The van der Waals surface area contributed by atoms with Gasteiger partial charge in [-0.1, -0.05) is 23.8 Å². The lowest BCUT2D eigenvalue weighted by Gasteiger charge is -2.18. The summed E-state index contributed by atoms with van der Waals surface area (Å²) in [6, 6.07) is 15.9. The van der Waals surface area contributed by atoms with E-state index in [0.717, 1.165) is 5.56 Å². The number of hydrogen-bond acceptors (Lipinski definition) is 6. The van der Waals surface area contributed by atoms with Crippen molar-refractivity contribution in [1.82, 2.24) is 4.72 Å². The second kappa shape index (κ2) is 8.66. The molecule has 1 aromatic heterocycles. The average molecular weight is 452 g/mol. The number of sulfonamides is 1. The number of sulfone groups is 1. The molecule has 0 aliphatic carbocycles. The van der Waals surface area contributed by atoms with Crippen molar-refractivity contribution in [3.63, 3.8) is 0 Å². The molecule has 2 aromatic carbocycles. The highest BCUT2D eigenvalue weighted by Gasteiger charge is 2.31. The Balaban J connectivity index is 1.89. The van der Waals surface area contributed by atoms with Crippen molar-refractivity contribution in [3.05, 3.63) is 76.5 Å². The molecule has 3 rings (SSSR count). The molecule has 0 aliphatic rings. The molecule has 29 heavy (non-hydrogen) atoms. The van der Waals surface area contributed by atoms with E-state index in [0.29, 0.717) is 10.6 Å². The molecular weight excluding hydrogens is 430 g/mol. The van der Waals surface area contributed by atoms with Crippen molar-refractivity contribution in [2.75, 3.05) is 13.7 Å². The van der Waals surface area contributed by atoms with Gasteiger partial charge >= 0.3 is 0 Å². The van der Waals surface area contributed by atoms with Gasteiger partial charge in [0.1, 0.15) is 11.0 Å². The van der Waals surface area contributed by atoms with E-state index in [-0.39, 0.29) is 16.3 Å². The Morgan fingerprint density at radius 2 is 1.55 bits per heavy atom. The van der Waals surface area contributed by atoms with Gasteiger partial charge < -0.3 is 4.74 Å². The van der Waals surface area contributed by atoms with E-state index in [1.54, 1.807) is 41.8 Å². The summed E-state index contributed by atoms with van der Waals surface area (Å²) < 4.78 is 59.3. The van der Waals surface area contributed by atoms with Crippen LogP contribution in [-0.4, -0.2) is 30.5 Å². The van der Waals surface area contributed by atoms with Gasteiger partial charge in [-0.05, 0) is 54.8 Å². The van der Waals surface area contributed by atoms with Gasteiger partial charge in [0.05, 0.1) is 16.9 Å². The first-order valence-corrected chi connectivity index (χ1v) is 12.6. The Hall–Kier alpha value is -2.20. The van der Waals surface area contributed by atoms with E-state index < -0.39 is 25.1 Å². The number of nitrogens with one attached hydrogen (secondary N) is 1. The molecule has 0 saturated heterocycles. The van der Waals surface area contributed by atoms with Crippen LogP contribution in [0.2, 0.25) is 0 Å². The molecule has 0 radical (unpaired) electrons. The number of hydrogen-bond donors (Lipinski definition) is 1. The second-order valence-corrected chi connectivity index (χ2v) is 11.3. The lowest BCUT2D eigenvalue weighted by molar-refractivity contribution is 0.414. The van der Waals surface area contributed by atoms with Crippen LogP contribution in [0.15, 0.2) is 75.8 Å². The Labute approximate surface area is 175 Å². The second-order valence-electron chi connectivity index (χ2n) is 6.39. The first-order valence-electron chi connectivity index (χ1n) is 8.72. The summed E-state index contributed by atoms with van der Waals surface area (Å²) in [5.74, 6) is 0.530. The first-order chi connectivity index (χ1) is 13.7. The van der Waals surface area contributed by atoms with Crippen LogP contribution in [0.5, 0.6) is 5.75 Å². The molecule has 0 unspecified atom stereocenters. The van der Waals surface area contributed by atoms with Gasteiger partial charge in [0.15, 0.2) is 9.84 Å². The predicted molar refractivity (Wildman–Crippen MR) is 114 cm³/mol. The SMILES string of the molecule is COc1ccc(S(=O)(=O)NC[C@@H](c2cccs2)S(=O)(=O)c2ccc(C)cc2)cc1. The monoisotopic (exact) mass is 451 g/mol.